The second-order valence-electron chi connectivity index (χ2n) is 8.23. The summed E-state index contributed by atoms with van der Waals surface area (Å²) in [6.07, 6.45) is -8.01. The molecule has 21 heteroatoms. The van der Waals surface area contributed by atoms with E-state index in [1.807, 2.05) is 0 Å². The highest BCUT2D eigenvalue weighted by molar-refractivity contribution is 5.83. The smallest absolute Gasteiger partial charge is 0.194 e. The van der Waals surface area contributed by atoms with Crippen LogP contribution in [0.3, 0.4) is 0 Å². The lowest BCUT2D eigenvalue weighted by Gasteiger charge is -2.44. The van der Waals surface area contributed by atoms with Crippen LogP contribution in [0.25, 0.3) is 10.8 Å². The first-order valence-corrected chi connectivity index (χ1v) is 9.78. The third-order valence-corrected chi connectivity index (χ3v) is 5.62. The van der Waals surface area contributed by atoms with Gasteiger partial charge in [-0.3, -0.25) is 0 Å². The predicted molar refractivity (Wildman–Crippen MR) is 93.5 cm³/mol. The minimum Gasteiger partial charge on any atom is -0.194 e. The quantitative estimate of drug-likeness (QED) is 0.238. The lowest BCUT2D eigenvalue weighted by Crippen LogP contribution is -2.76. The maximum atomic E-state index is 14.4. The van der Waals surface area contributed by atoms with Gasteiger partial charge in [-0.25, -0.2) is 0 Å². The Morgan fingerprint density at radius 2 is 0.634 bits per heavy atom. The Kier molecular flexibility index (Phi) is 7.65. The average Bonchev–Trinajstić information content (AvgIpc) is 2.81. The van der Waals surface area contributed by atoms with Crippen molar-refractivity contribution in [1.29, 1.82) is 0 Å². The monoisotopic (exact) mass is 646 g/mol. The molecule has 0 aromatic heterocycles. The van der Waals surface area contributed by atoms with E-state index in [-0.39, 0.29) is 17.5 Å². The lowest BCUT2D eigenvalue weighted by molar-refractivity contribution is -0.474. The van der Waals surface area contributed by atoms with E-state index in [4.69, 9.17) is 0 Å². The molecule has 234 valence electrons. The molecule has 0 aliphatic heterocycles. The van der Waals surface area contributed by atoms with Crippen LogP contribution < -0.4 is 0 Å². The Hall–Kier alpha value is -2.77. The minimum atomic E-state index is -9.18. The van der Waals surface area contributed by atoms with E-state index in [1.165, 1.54) is 6.07 Å². The van der Waals surface area contributed by atoms with Crippen molar-refractivity contribution in [1.82, 2.24) is 0 Å². The van der Waals surface area contributed by atoms with Crippen molar-refractivity contribution in [3.05, 3.63) is 48.0 Å². The predicted octanol–water partition coefficient (Wildman–Crippen LogP) is 9.58. The van der Waals surface area contributed by atoms with Crippen molar-refractivity contribution in [2.75, 3.05) is 0 Å². The fourth-order valence-corrected chi connectivity index (χ4v) is 3.12. The maximum absolute atomic E-state index is 14.4. The van der Waals surface area contributed by atoms with Gasteiger partial charge in [-0.15, -0.1) is 0 Å². The number of hydrogen-bond acceptors (Lipinski definition) is 0. The summed E-state index contributed by atoms with van der Waals surface area (Å²) in [5.74, 6) is -77.1. The SMILES string of the molecule is FC(F)(F)C(F)(F)C(F)(F)C(F)(F)C(F)(F)C(F)(F)C(F)(F)C(F)(F)C(F)(F)C(F)(F)c1ccc2ccccc2c1. The van der Waals surface area contributed by atoms with Gasteiger partial charge in [0.25, 0.3) is 0 Å². The molecule has 2 aromatic carbocycles. The number of rotatable bonds is 9. The van der Waals surface area contributed by atoms with E-state index < -0.39 is 70.4 Å². The first-order chi connectivity index (χ1) is 17.8. The first-order valence-electron chi connectivity index (χ1n) is 9.78. The van der Waals surface area contributed by atoms with E-state index >= 15 is 0 Å². The Balaban J connectivity index is 2.71. The van der Waals surface area contributed by atoms with Gasteiger partial charge in [0.1, 0.15) is 0 Å². The van der Waals surface area contributed by atoms with Crippen LogP contribution in [0.15, 0.2) is 42.5 Å². The Morgan fingerprint density at radius 1 is 0.317 bits per heavy atom. The zero-order valence-electron chi connectivity index (χ0n) is 18.5. The molecule has 2 rings (SSSR count). The van der Waals surface area contributed by atoms with Crippen molar-refractivity contribution in [2.24, 2.45) is 0 Å². The molecular weight excluding hydrogens is 639 g/mol. The molecule has 0 N–H and O–H groups in total. The molecule has 0 fully saturated rings. The number of hydrogen-bond donors (Lipinski definition) is 0. The Morgan fingerprint density at radius 3 is 1.00 bits per heavy atom. The van der Waals surface area contributed by atoms with Crippen LogP contribution in [-0.4, -0.2) is 53.6 Å². The van der Waals surface area contributed by atoms with E-state index in [9.17, 15) is 92.2 Å². The fraction of sp³-hybridized carbons (Fsp3) is 0.500. The third-order valence-electron chi connectivity index (χ3n) is 5.62. The highest BCUT2D eigenvalue weighted by Crippen LogP contribution is 2.67. The average molecular weight is 646 g/mol. The number of benzene rings is 2. The van der Waals surface area contributed by atoms with Crippen molar-refractivity contribution in [3.63, 3.8) is 0 Å². The van der Waals surface area contributed by atoms with Gasteiger partial charge in [-0.05, 0) is 16.8 Å². The Bertz CT molecular complexity index is 1270. The third kappa shape index (κ3) is 4.25. The van der Waals surface area contributed by atoms with E-state index in [1.54, 1.807) is 0 Å². The van der Waals surface area contributed by atoms with Gasteiger partial charge in [0.15, 0.2) is 0 Å². The number of fused-ring (bicyclic) bond motifs is 1. The summed E-state index contributed by atoms with van der Waals surface area (Å²) in [7, 11) is 0. The maximum Gasteiger partial charge on any atom is 0.460 e. The van der Waals surface area contributed by atoms with Crippen LogP contribution in [0.2, 0.25) is 0 Å². The van der Waals surface area contributed by atoms with Gasteiger partial charge < -0.3 is 0 Å². The van der Waals surface area contributed by atoms with Crippen LogP contribution in [-0.2, 0) is 5.92 Å². The summed E-state index contributed by atoms with van der Waals surface area (Å²) in [4.78, 5) is 0. The zero-order chi connectivity index (χ0) is 32.7. The molecule has 0 amide bonds. The molecule has 0 heterocycles. The zero-order valence-corrected chi connectivity index (χ0v) is 18.5. The molecule has 0 aliphatic rings. The Labute approximate surface area is 211 Å². The summed E-state index contributed by atoms with van der Waals surface area (Å²) in [5.41, 5.74) is -2.39. The minimum absolute atomic E-state index is 0.113. The molecule has 0 saturated carbocycles. The molecule has 0 radical (unpaired) electrons. The van der Waals surface area contributed by atoms with Gasteiger partial charge in [0.05, 0.1) is 0 Å². The summed E-state index contributed by atoms with van der Waals surface area (Å²) < 4.78 is 283. The summed E-state index contributed by atoms with van der Waals surface area (Å²) >= 11 is 0. The second kappa shape index (κ2) is 9.11. The fourth-order valence-electron chi connectivity index (χ4n) is 3.12. The standard InChI is InChI=1S/C20H7F21/c21-11(22,10-6-5-8-3-1-2-4-9(8)7-10)12(23,24)13(25,26)14(27,28)15(29,30)16(31,32)17(33,34)18(35,36)19(37,38)20(39,40)41/h1-7H. The summed E-state index contributed by atoms with van der Waals surface area (Å²) in [5, 5.41) is -0.641. The van der Waals surface area contributed by atoms with Crippen molar-refractivity contribution >= 4 is 10.8 Å². The molecular formula is C20H7F21. The molecule has 0 atom stereocenters. The largest absolute Gasteiger partial charge is 0.460 e. The highest BCUT2D eigenvalue weighted by atomic mass is 19.4. The first kappa shape index (κ1) is 34.4. The van der Waals surface area contributed by atoms with Gasteiger partial charge in [-0.2, -0.15) is 92.2 Å². The van der Waals surface area contributed by atoms with E-state index in [0.717, 1.165) is 18.2 Å². The topological polar surface area (TPSA) is 0 Å². The molecule has 0 aliphatic carbocycles. The van der Waals surface area contributed by atoms with Gasteiger partial charge in [-0.1, -0.05) is 36.4 Å². The van der Waals surface area contributed by atoms with Crippen LogP contribution in [0.4, 0.5) is 92.2 Å². The summed E-state index contributed by atoms with van der Waals surface area (Å²) in [6.45, 7) is 0. The van der Waals surface area contributed by atoms with Crippen LogP contribution in [0.5, 0.6) is 0 Å². The second-order valence-corrected chi connectivity index (χ2v) is 8.23. The van der Waals surface area contributed by atoms with Crippen molar-refractivity contribution < 1.29 is 92.2 Å². The molecule has 41 heavy (non-hydrogen) atoms. The number of halogens is 21. The molecule has 0 nitrogen and oxygen atoms in total. The van der Waals surface area contributed by atoms with Crippen LogP contribution in [0.1, 0.15) is 5.56 Å². The highest BCUT2D eigenvalue weighted by Gasteiger charge is 2.97. The van der Waals surface area contributed by atoms with E-state index in [0.29, 0.717) is 6.07 Å². The van der Waals surface area contributed by atoms with E-state index in [2.05, 4.69) is 0 Å². The molecule has 0 saturated heterocycles. The summed E-state index contributed by atoms with van der Waals surface area (Å²) in [6, 6.07) is 4.30. The number of alkyl halides is 21. The molecule has 0 unspecified atom stereocenters. The van der Waals surface area contributed by atoms with Gasteiger partial charge >= 0.3 is 59.5 Å². The normalized spacial score (nSPS) is 15.9. The van der Waals surface area contributed by atoms with Crippen molar-refractivity contribution in [3.8, 4) is 0 Å². The van der Waals surface area contributed by atoms with Crippen LogP contribution >= 0.6 is 0 Å². The van der Waals surface area contributed by atoms with Crippen LogP contribution in [0, 0.1) is 0 Å². The lowest BCUT2D eigenvalue weighted by atomic mass is 9.85. The molecule has 0 bridgehead atoms. The van der Waals surface area contributed by atoms with Crippen molar-refractivity contribution in [2.45, 2.75) is 59.5 Å². The van der Waals surface area contributed by atoms with Gasteiger partial charge in [0, 0.05) is 5.56 Å². The van der Waals surface area contributed by atoms with Gasteiger partial charge in [0.2, 0.25) is 0 Å². The molecule has 2 aromatic rings. The molecule has 0 spiro atoms.